The third-order valence-electron chi connectivity index (χ3n) is 3.91. The molecule has 1 atom stereocenters. The molecule has 0 aliphatic carbocycles. The highest BCUT2D eigenvalue weighted by Gasteiger charge is 2.25. The number of benzene rings is 1. The van der Waals surface area contributed by atoms with Crippen LogP contribution in [0.5, 0.6) is 0 Å². The maximum absolute atomic E-state index is 10.6. The first-order valence-electron chi connectivity index (χ1n) is 8.68. The molecule has 24 heavy (non-hydrogen) atoms. The van der Waals surface area contributed by atoms with E-state index in [1.165, 1.54) is 0 Å². The van der Waals surface area contributed by atoms with Gasteiger partial charge in [-0.3, -0.25) is 4.90 Å². The molecule has 0 spiro atoms. The number of β-amino-alcohol motifs (C(OH)–C–C–N with tert-alkyl or cyclic N) is 1. The molecule has 0 amide bonds. The van der Waals surface area contributed by atoms with Gasteiger partial charge in [-0.05, 0) is 19.4 Å². The zero-order valence-corrected chi connectivity index (χ0v) is 14.8. The number of nitrogens with zero attached hydrogens (tertiary/aromatic N) is 2. The summed E-state index contributed by atoms with van der Waals surface area (Å²) >= 11 is 0. The number of nitrogens with one attached hydrogen (secondary N) is 2. The van der Waals surface area contributed by atoms with Crippen molar-refractivity contribution in [2.75, 3.05) is 45.9 Å². The monoisotopic (exact) mass is 334 g/mol. The Labute approximate surface area is 144 Å². The number of morpholine rings is 1. The average molecular weight is 334 g/mol. The van der Waals surface area contributed by atoms with Crippen molar-refractivity contribution in [2.45, 2.75) is 26.0 Å². The molecule has 1 unspecified atom stereocenters. The smallest absolute Gasteiger partial charge is 0.191 e. The lowest BCUT2D eigenvalue weighted by atomic mass is 10.1. The minimum absolute atomic E-state index is 0.449. The second kappa shape index (κ2) is 9.61. The summed E-state index contributed by atoms with van der Waals surface area (Å²) in [5.41, 5.74) is 0.343. The van der Waals surface area contributed by atoms with Crippen molar-refractivity contribution >= 4 is 5.96 Å². The molecule has 1 aromatic rings. The molecule has 1 aliphatic heterocycles. The number of hydrogen-bond acceptors (Lipinski definition) is 4. The van der Waals surface area contributed by atoms with Crippen LogP contribution in [0, 0.1) is 0 Å². The number of guanidine groups is 1. The predicted molar refractivity (Wildman–Crippen MR) is 97.1 cm³/mol. The van der Waals surface area contributed by atoms with E-state index < -0.39 is 5.60 Å². The maximum atomic E-state index is 10.6. The summed E-state index contributed by atoms with van der Waals surface area (Å²) in [6.45, 7) is 9.59. The SMILES string of the molecule is CCNC(=NCc1ccccc1)NCC(C)(O)CN1CCOCC1. The van der Waals surface area contributed by atoms with Crippen molar-refractivity contribution in [3.8, 4) is 0 Å². The van der Waals surface area contributed by atoms with Crippen LogP contribution in [0.3, 0.4) is 0 Å². The Hall–Kier alpha value is -1.63. The number of rotatable bonds is 7. The van der Waals surface area contributed by atoms with Gasteiger partial charge in [-0.2, -0.15) is 0 Å². The lowest BCUT2D eigenvalue weighted by Crippen LogP contribution is -2.52. The minimum Gasteiger partial charge on any atom is -0.387 e. The summed E-state index contributed by atoms with van der Waals surface area (Å²) in [7, 11) is 0. The zero-order chi connectivity index (χ0) is 17.3. The van der Waals surface area contributed by atoms with E-state index in [4.69, 9.17) is 4.74 Å². The fourth-order valence-corrected chi connectivity index (χ4v) is 2.67. The van der Waals surface area contributed by atoms with Crippen LogP contribution in [0.2, 0.25) is 0 Å². The summed E-state index contributed by atoms with van der Waals surface area (Å²) in [6, 6.07) is 10.1. The lowest BCUT2D eigenvalue weighted by molar-refractivity contribution is -0.0201. The summed E-state index contributed by atoms with van der Waals surface area (Å²) in [5, 5.41) is 17.1. The second-order valence-electron chi connectivity index (χ2n) is 6.42. The molecule has 1 fully saturated rings. The van der Waals surface area contributed by atoms with E-state index in [0.717, 1.165) is 44.4 Å². The van der Waals surface area contributed by atoms with Gasteiger partial charge >= 0.3 is 0 Å². The Morgan fingerprint density at radius 3 is 2.62 bits per heavy atom. The van der Waals surface area contributed by atoms with E-state index in [0.29, 0.717) is 19.6 Å². The first kappa shape index (κ1) is 18.7. The highest BCUT2D eigenvalue weighted by Crippen LogP contribution is 2.07. The van der Waals surface area contributed by atoms with Crippen molar-refractivity contribution in [3.05, 3.63) is 35.9 Å². The number of hydrogen-bond donors (Lipinski definition) is 3. The quantitative estimate of drug-likeness (QED) is 0.509. The first-order chi connectivity index (χ1) is 11.6. The molecule has 6 heteroatoms. The summed E-state index contributed by atoms with van der Waals surface area (Å²) in [5.74, 6) is 0.726. The van der Waals surface area contributed by atoms with E-state index >= 15 is 0 Å². The van der Waals surface area contributed by atoms with Gasteiger partial charge in [0.25, 0.3) is 0 Å². The predicted octanol–water partition coefficient (Wildman–Crippen LogP) is 0.825. The zero-order valence-electron chi connectivity index (χ0n) is 14.8. The fourth-order valence-electron chi connectivity index (χ4n) is 2.67. The molecule has 6 nitrogen and oxygen atoms in total. The standard InChI is InChI=1S/C18H30N4O2/c1-3-19-17(20-13-16-7-5-4-6-8-16)21-14-18(2,23)15-22-9-11-24-12-10-22/h4-8,23H,3,9-15H2,1-2H3,(H2,19,20,21). The van der Waals surface area contributed by atoms with Gasteiger partial charge in [0.05, 0.1) is 25.4 Å². The number of ether oxygens (including phenoxy) is 1. The van der Waals surface area contributed by atoms with Gasteiger partial charge in [0.1, 0.15) is 0 Å². The summed E-state index contributed by atoms with van der Waals surface area (Å²) in [6.07, 6.45) is 0. The van der Waals surface area contributed by atoms with Crippen molar-refractivity contribution in [3.63, 3.8) is 0 Å². The topological polar surface area (TPSA) is 69.1 Å². The average Bonchev–Trinajstić information content (AvgIpc) is 2.59. The molecule has 0 bridgehead atoms. The Balaban J connectivity index is 1.84. The Morgan fingerprint density at radius 1 is 1.25 bits per heavy atom. The largest absolute Gasteiger partial charge is 0.387 e. The van der Waals surface area contributed by atoms with Crippen LogP contribution >= 0.6 is 0 Å². The van der Waals surface area contributed by atoms with Crippen molar-refractivity contribution < 1.29 is 9.84 Å². The van der Waals surface area contributed by atoms with Crippen LogP contribution in [-0.2, 0) is 11.3 Å². The molecule has 0 saturated carbocycles. The molecule has 0 aromatic heterocycles. The van der Waals surface area contributed by atoms with E-state index in [9.17, 15) is 5.11 Å². The summed E-state index contributed by atoms with van der Waals surface area (Å²) in [4.78, 5) is 6.82. The van der Waals surface area contributed by atoms with Gasteiger partial charge < -0.3 is 20.5 Å². The van der Waals surface area contributed by atoms with Gasteiger partial charge in [0.15, 0.2) is 5.96 Å². The van der Waals surface area contributed by atoms with E-state index in [2.05, 4.69) is 32.7 Å². The van der Waals surface area contributed by atoms with Crippen LogP contribution < -0.4 is 10.6 Å². The van der Waals surface area contributed by atoms with Gasteiger partial charge in [0.2, 0.25) is 0 Å². The molecule has 0 radical (unpaired) electrons. The highest BCUT2D eigenvalue weighted by atomic mass is 16.5. The Bertz CT molecular complexity index is 499. The Kier molecular flexibility index (Phi) is 7.49. The molecule has 2 rings (SSSR count). The second-order valence-corrected chi connectivity index (χ2v) is 6.42. The summed E-state index contributed by atoms with van der Waals surface area (Å²) < 4.78 is 5.35. The van der Waals surface area contributed by atoms with Crippen LogP contribution in [0.1, 0.15) is 19.4 Å². The third-order valence-corrected chi connectivity index (χ3v) is 3.91. The van der Waals surface area contributed by atoms with Crippen LogP contribution in [0.25, 0.3) is 0 Å². The van der Waals surface area contributed by atoms with Crippen LogP contribution in [0.15, 0.2) is 35.3 Å². The van der Waals surface area contributed by atoms with Gasteiger partial charge in [-0.1, -0.05) is 30.3 Å². The van der Waals surface area contributed by atoms with E-state index in [1.54, 1.807) is 0 Å². The van der Waals surface area contributed by atoms with E-state index in [-0.39, 0.29) is 0 Å². The first-order valence-corrected chi connectivity index (χ1v) is 8.68. The van der Waals surface area contributed by atoms with Crippen LogP contribution in [-0.4, -0.2) is 67.5 Å². The maximum Gasteiger partial charge on any atom is 0.191 e. The molecule has 3 N–H and O–H groups in total. The van der Waals surface area contributed by atoms with E-state index in [1.807, 2.05) is 32.0 Å². The minimum atomic E-state index is -0.819. The highest BCUT2D eigenvalue weighted by molar-refractivity contribution is 5.79. The molecule has 1 heterocycles. The molecule has 134 valence electrons. The van der Waals surface area contributed by atoms with Crippen molar-refractivity contribution in [2.24, 2.45) is 4.99 Å². The number of aliphatic imine (C=N–C) groups is 1. The molecular weight excluding hydrogens is 304 g/mol. The molecular formula is C18H30N4O2. The number of aliphatic hydroxyl groups is 1. The lowest BCUT2D eigenvalue weighted by Gasteiger charge is -2.34. The third kappa shape index (κ3) is 6.86. The normalized spacial score (nSPS) is 18.9. The fraction of sp³-hybridized carbons (Fsp3) is 0.611. The van der Waals surface area contributed by atoms with Gasteiger partial charge in [-0.15, -0.1) is 0 Å². The van der Waals surface area contributed by atoms with Crippen molar-refractivity contribution in [1.29, 1.82) is 0 Å². The molecule has 1 aliphatic rings. The molecule has 1 saturated heterocycles. The van der Waals surface area contributed by atoms with Crippen molar-refractivity contribution in [1.82, 2.24) is 15.5 Å². The van der Waals surface area contributed by atoms with Gasteiger partial charge in [-0.25, -0.2) is 4.99 Å². The molecule has 1 aromatic carbocycles. The Morgan fingerprint density at radius 2 is 1.96 bits per heavy atom. The van der Waals surface area contributed by atoms with Gasteiger partial charge in [0, 0.05) is 32.7 Å². The van der Waals surface area contributed by atoms with Crippen LogP contribution in [0.4, 0.5) is 0 Å².